The van der Waals surface area contributed by atoms with Gasteiger partial charge in [0, 0.05) is 29.2 Å². The number of nitrogens with zero attached hydrogens (tertiary/aromatic N) is 1. The summed E-state index contributed by atoms with van der Waals surface area (Å²) in [6, 6.07) is 8.32. The molecule has 15 heavy (non-hydrogen) atoms. The van der Waals surface area contributed by atoms with Crippen molar-refractivity contribution >= 4 is 23.1 Å². The van der Waals surface area contributed by atoms with E-state index >= 15 is 0 Å². The van der Waals surface area contributed by atoms with Crippen LogP contribution < -0.4 is 10.6 Å². The number of para-hydroxylation sites is 1. The Morgan fingerprint density at radius 2 is 2.07 bits per heavy atom. The van der Waals surface area contributed by atoms with Gasteiger partial charge in [-0.2, -0.15) is 0 Å². The summed E-state index contributed by atoms with van der Waals surface area (Å²) in [5.74, 6) is 2.59. The van der Waals surface area contributed by atoms with Gasteiger partial charge in [0.15, 0.2) is 0 Å². The molecule has 2 rings (SSSR count). The average Bonchev–Trinajstić information content (AvgIpc) is 2.54. The SMILES string of the molecule is C#C/C=c1\c(=C/C)c2ccccc2n1C. The fourth-order valence-corrected chi connectivity index (χ4v) is 2.00. The number of benzene rings is 1. The summed E-state index contributed by atoms with van der Waals surface area (Å²) in [6.07, 6.45) is 9.26. The lowest BCUT2D eigenvalue weighted by atomic mass is 10.2. The minimum Gasteiger partial charge on any atom is -0.343 e. The van der Waals surface area contributed by atoms with Crippen LogP contribution in [0.4, 0.5) is 0 Å². The highest BCUT2D eigenvalue weighted by Gasteiger charge is 2.01. The maximum Gasteiger partial charge on any atom is 0.0570 e. The second-order valence-electron chi connectivity index (χ2n) is 3.47. The Morgan fingerprint density at radius 3 is 2.73 bits per heavy atom. The fourth-order valence-electron chi connectivity index (χ4n) is 2.00. The highest BCUT2D eigenvalue weighted by atomic mass is 14.9. The predicted octanol–water partition coefficient (Wildman–Crippen LogP) is 1.39. The smallest absolute Gasteiger partial charge is 0.0570 e. The number of aryl methyl sites for hydroxylation is 1. The van der Waals surface area contributed by atoms with Crippen LogP contribution in [0.2, 0.25) is 0 Å². The first-order chi connectivity index (χ1) is 7.29. The molecule has 1 nitrogen and oxygen atoms in total. The van der Waals surface area contributed by atoms with Crippen molar-refractivity contribution in [3.8, 4) is 12.3 Å². The molecular formula is C14H13N. The Bertz CT molecular complexity index is 651. The zero-order chi connectivity index (χ0) is 10.8. The van der Waals surface area contributed by atoms with Gasteiger partial charge in [-0.1, -0.05) is 30.2 Å². The molecule has 74 valence electrons. The zero-order valence-corrected chi connectivity index (χ0v) is 8.99. The first kappa shape index (κ1) is 9.61. The van der Waals surface area contributed by atoms with Crippen LogP contribution in [0.25, 0.3) is 23.1 Å². The van der Waals surface area contributed by atoms with Crippen LogP contribution in [0.3, 0.4) is 0 Å². The lowest BCUT2D eigenvalue weighted by Gasteiger charge is -1.93. The van der Waals surface area contributed by atoms with Gasteiger partial charge in [-0.25, -0.2) is 0 Å². The molecular weight excluding hydrogens is 182 g/mol. The number of terminal acetylenes is 1. The van der Waals surface area contributed by atoms with Gasteiger partial charge in [0.25, 0.3) is 0 Å². The Morgan fingerprint density at radius 1 is 1.33 bits per heavy atom. The van der Waals surface area contributed by atoms with Crippen molar-refractivity contribution in [3.63, 3.8) is 0 Å². The monoisotopic (exact) mass is 195 g/mol. The van der Waals surface area contributed by atoms with E-state index < -0.39 is 0 Å². The third-order valence-electron chi connectivity index (χ3n) is 2.70. The van der Waals surface area contributed by atoms with Gasteiger partial charge in [0.1, 0.15) is 0 Å². The number of aromatic nitrogens is 1. The molecule has 0 saturated heterocycles. The molecule has 1 heterocycles. The minimum atomic E-state index is 1.10. The Labute approximate surface area is 89.3 Å². The van der Waals surface area contributed by atoms with Crippen LogP contribution >= 0.6 is 0 Å². The van der Waals surface area contributed by atoms with Crippen molar-refractivity contribution in [2.45, 2.75) is 6.92 Å². The lowest BCUT2D eigenvalue weighted by molar-refractivity contribution is 0.926. The summed E-state index contributed by atoms with van der Waals surface area (Å²) in [5.41, 5.74) is 1.21. The van der Waals surface area contributed by atoms with Crippen LogP contribution in [0.5, 0.6) is 0 Å². The summed E-state index contributed by atoms with van der Waals surface area (Å²) in [7, 11) is 2.04. The van der Waals surface area contributed by atoms with Crippen LogP contribution in [0.1, 0.15) is 6.92 Å². The van der Waals surface area contributed by atoms with Gasteiger partial charge in [0.05, 0.1) is 5.35 Å². The van der Waals surface area contributed by atoms with Gasteiger partial charge in [-0.05, 0) is 13.0 Å². The fraction of sp³-hybridized carbons (Fsp3) is 0.143. The topological polar surface area (TPSA) is 4.93 Å². The predicted molar refractivity (Wildman–Crippen MR) is 65.6 cm³/mol. The van der Waals surface area contributed by atoms with Crippen LogP contribution in [0.15, 0.2) is 24.3 Å². The minimum absolute atomic E-state index is 1.10. The zero-order valence-electron chi connectivity index (χ0n) is 8.99. The summed E-state index contributed by atoms with van der Waals surface area (Å²) in [5, 5.41) is 3.57. The van der Waals surface area contributed by atoms with E-state index in [-0.39, 0.29) is 0 Å². The number of rotatable bonds is 0. The van der Waals surface area contributed by atoms with Crippen molar-refractivity contribution in [1.29, 1.82) is 0 Å². The molecule has 0 amide bonds. The molecule has 0 spiro atoms. The molecule has 1 heteroatoms. The van der Waals surface area contributed by atoms with E-state index in [0.717, 1.165) is 5.35 Å². The van der Waals surface area contributed by atoms with Crippen molar-refractivity contribution < 1.29 is 0 Å². The quantitative estimate of drug-likeness (QED) is 0.560. The number of hydrogen-bond acceptors (Lipinski definition) is 0. The van der Waals surface area contributed by atoms with E-state index in [1.54, 1.807) is 0 Å². The van der Waals surface area contributed by atoms with Crippen LogP contribution in [-0.4, -0.2) is 4.57 Å². The Balaban J connectivity index is 3.14. The molecule has 0 saturated carbocycles. The normalized spacial score (nSPS) is 13.4. The standard InChI is InChI=1S/C14H13N/c1-4-8-13-11(5-2)12-9-6-7-10-14(12)15(13)3/h1,5-10H,2-3H3/b11-5-,13-8+. The molecule has 0 aliphatic heterocycles. The molecule has 0 unspecified atom stereocenters. The Hall–Kier alpha value is -1.94. The molecule has 2 aromatic rings. The first-order valence-corrected chi connectivity index (χ1v) is 4.95. The molecule has 0 fully saturated rings. The molecule has 0 aliphatic carbocycles. The first-order valence-electron chi connectivity index (χ1n) is 4.95. The molecule has 0 radical (unpaired) electrons. The van der Waals surface area contributed by atoms with Crippen LogP contribution in [-0.2, 0) is 7.05 Å². The number of fused-ring (bicyclic) bond motifs is 1. The summed E-state index contributed by atoms with van der Waals surface area (Å²) in [4.78, 5) is 0. The molecule has 0 N–H and O–H groups in total. The lowest BCUT2D eigenvalue weighted by Crippen LogP contribution is -2.27. The maximum absolute atomic E-state index is 5.34. The van der Waals surface area contributed by atoms with Crippen molar-refractivity contribution in [1.82, 2.24) is 4.57 Å². The molecule has 0 bridgehead atoms. The largest absolute Gasteiger partial charge is 0.343 e. The molecule has 0 aliphatic rings. The highest BCUT2D eigenvalue weighted by Crippen LogP contribution is 2.06. The molecule has 1 aromatic heterocycles. The van der Waals surface area contributed by atoms with Gasteiger partial charge in [-0.3, -0.25) is 0 Å². The second kappa shape index (κ2) is 3.67. The maximum atomic E-state index is 5.34. The van der Waals surface area contributed by atoms with Gasteiger partial charge in [-0.15, -0.1) is 6.42 Å². The van der Waals surface area contributed by atoms with Gasteiger partial charge >= 0.3 is 0 Å². The van der Waals surface area contributed by atoms with Crippen molar-refractivity contribution in [3.05, 3.63) is 34.8 Å². The summed E-state index contributed by atoms with van der Waals surface area (Å²) in [6.45, 7) is 2.04. The molecule has 1 aromatic carbocycles. The van der Waals surface area contributed by atoms with Crippen molar-refractivity contribution in [2.75, 3.05) is 0 Å². The Kier molecular flexibility index (Phi) is 2.35. The number of hydrogen-bond donors (Lipinski definition) is 0. The third-order valence-corrected chi connectivity index (χ3v) is 2.70. The van der Waals surface area contributed by atoms with E-state index in [1.807, 2.05) is 26.1 Å². The highest BCUT2D eigenvalue weighted by molar-refractivity contribution is 5.82. The summed E-state index contributed by atoms with van der Waals surface area (Å²) < 4.78 is 2.13. The summed E-state index contributed by atoms with van der Waals surface area (Å²) >= 11 is 0. The van der Waals surface area contributed by atoms with Gasteiger partial charge in [0.2, 0.25) is 0 Å². The third kappa shape index (κ3) is 1.35. The second-order valence-corrected chi connectivity index (χ2v) is 3.47. The molecule has 0 atom stereocenters. The van der Waals surface area contributed by atoms with E-state index in [4.69, 9.17) is 6.42 Å². The van der Waals surface area contributed by atoms with E-state index in [2.05, 4.69) is 34.8 Å². The average molecular weight is 195 g/mol. The van der Waals surface area contributed by atoms with Gasteiger partial charge < -0.3 is 4.57 Å². The van der Waals surface area contributed by atoms with E-state index in [9.17, 15) is 0 Å². The van der Waals surface area contributed by atoms with Crippen LogP contribution in [0, 0.1) is 12.3 Å². The van der Waals surface area contributed by atoms with E-state index in [1.165, 1.54) is 16.1 Å². The van der Waals surface area contributed by atoms with Crippen molar-refractivity contribution in [2.24, 2.45) is 7.05 Å². The van der Waals surface area contributed by atoms with E-state index in [0.29, 0.717) is 0 Å².